The van der Waals surface area contributed by atoms with E-state index in [1.165, 1.54) is 4.90 Å². The van der Waals surface area contributed by atoms with Gasteiger partial charge in [0, 0.05) is 17.6 Å². The lowest BCUT2D eigenvalue weighted by molar-refractivity contribution is -0.139. The molecule has 2 aromatic rings. The van der Waals surface area contributed by atoms with Crippen LogP contribution >= 0.6 is 39.1 Å². The number of sulfonamides is 1. The Hall–Kier alpha value is -1.81. The highest BCUT2D eigenvalue weighted by Gasteiger charge is 2.30. The number of rotatable bonds is 10. The molecular weight excluding hydrogens is 565 g/mol. The van der Waals surface area contributed by atoms with Crippen LogP contribution in [0.1, 0.15) is 26.3 Å². The Bertz CT molecular complexity index is 1130. The van der Waals surface area contributed by atoms with Crippen molar-refractivity contribution in [1.29, 1.82) is 0 Å². The normalized spacial score (nSPS) is 12.4. The molecule has 0 radical (unpaired) electrons. The van der Waals surface area contributed by atoms with Gasteiger partial charge in [-0.15, -0.1) is 0 Å². The number of carbonyl (C=O) groups is 2. The van der Waals surface area contributed by atoms with E-state index in [2.05, 4.69) is 21.2 Å². The maximum Gasteiger partial charge on any atom is 0.244 e. The van der Waals surface area contributed by atoms with Crippen LogP contribution in [-0.2, 0) is 26.2 Å². The molecule has 1 unspecified atom stereocenters. The molecular formula is C23H28BrCl2N3O4S. The monoisotopic (exact) mass is 591 g/mol. The minimum atomic E-state index is -3.78. The van der Waals surface area contributed by atoms with Crippen LogP contribution in [0.5, 0.6) is 0 Å². The van der Waals surface area contributed by atoms with Crippen LogP contribution in [0.3, 0.4) is 0 Å². The fraction of sp³-hybridized carbons (Fsp3) is 0.391. The molecule has 2 amide bonds. The molecule has 1 N–H and O–H groups in total. The lowest BCUT2D eigenvalue weighted by atomic mass is 10.1. The predicted molar refractivity (Wildman–Crippen MR) is 141 cm³/mol. The highest BCUT2D eigenvalue weighted by Crippen LogP contribution is 2.25. The van der Waals surface area contributed by atoms with E-state index in [9.17, 15) is 18.0 Å². The van der Waals surface area contributed by atoms with Gasteiger partial charge in [-0.05, 0) is 54.8 Å². The largest absolute Gasteiger partial charge is 0.354 e. The van der Waals surface area contributed by atoms with E-state index < -0.39 is 28.5 Å². The first-order valence-electron chi connectivity index (χ1n) is 10.5. The number of anilines is 1. The Morgan fingerprint density at radius 1 is 1.03 bits per heavy atom. The summed E-state index contributed by atoms with van der Waals surface area (Å²) in [5, 5.41) is 3.51. The van der Waals surface area contributed by atoms with Crippen LogP contribution in [0.2, 0.25) is 10.0 Å². The van der Waals surface area contributed by atoms with Crippen molar-refractivity contribution in [2.45, 2.75) is 33.4 Å². The quantitative estimate of drug-likeness (QED) is 0.433. The zero-order chi connectivity index (χ0) is 25.6. The Morgan fingerprint density at radius 3 is 2.18 bits per heavy atom. The molecule has 0 saturated heterocycles. The van der Waals surface area contributed by atoms with Crippen molar-refractivity contribution in [3.8, 4) is 0 Å². The van der Waals surface area contributed by atoms with E-state index in [0.717, 1.165) is 15.0 Å². The molecule has 7 nitrogen and oxygen atoms in total. The third-order valence-electron chi connectivity index (χ3n) is 4.98. The van der Waals surface area contributed by atoms with E-state index in [1.54, 1.807) is 49.4 Å². The predicted octanol–water partition coefficient (Wildman–Crippen LogP) is 4.71. The number of nitrogens with one attached hydrogen (secondary N) is 1. The summed E-state index contributed by atoms with van der Waals surface area (Å²) in [4.78, 5) is 27.6. The van der Waals surface area contributed by atoms with Crippen LogP contribution in [0.4, 0.5) is 5.69 Å². The third kappa shape index (κ3) is 8.15. The maximum absolute atomic E-state index is 13.5. The molecule has 0 fully saturated rings. The summed E-state index contributed by atoms with van der Waals surface area (Å²) < 4.78 is 26.8. The average Bonchev–Trinajstić information content (AvgIpc) is 2.75. The van der Waals surface area contributed by atoms with Gasteiger partial charge in [0.2, 0.25) is 21.8 Å². The van der Waals surface area contributed by atoms with Gasteiger partial charge >= 0.3 is 0 Å². The SMILES string of the molecule is CC(C)CNC(=O)C(C)N(Cc1ccc(Cl)c(Cl)c1)C(=O)CN(c1ccc(Br)cc1)S(C)(=O)=O. The summed E-state index contributed by atoms with van der Waals surface area (Å²) in [5.74, 6) is -0.642. The van der Waals surface area contributed by atoms with E-state index in [4.69, 9.17) is 23.2 Å². The van der Waals surface area contributed by atoms with E-state index in [-0.39, 0.29) is 18.4 Å². The van der Waals surface area contributed by atoms with Gasteiger partial charge in [-0.25, -0.2) is 8.42 Å². The Balaban J connectivity index is 2.38. The topological polar surface area (TPSA) is 86.8 Å². The first-order chi connectivity index (χ1) is 15.8. The van der Waals surface area contributed by atoms with E-state index in [0.29, 0.717) is 27.8 Å². The first kappa shape index (κ1) is 28.4. The summed E-state index contributed by atoms with van der Waals surface area (Å²) in [5.41, 5.74) is 0.992. The van der Waals surface area contributed by atoms with Crippen molar-refractivity contribution >= 4 is 66.7 Å². The summed E-state index contributed by atoms with van der Waals surface area (Å²) in [6.45, 7) is 5.56. The van der Waals surface area contributed by atoms with Gasteiger partial charge in [0.25, 0.3) is 0 Å². The van der Waals surface area contributed by atoms with Crippen molar-refractivity contribution in [3.05, 3.63) is 62.5 Å². The number of amides is 2. The van der Waals surface area contributed by atoms with E-state index >= 15 is 0 Å². The number of hydrogen-bond acceptors (Lipinski definition) is 4. The molecule has 0 bridgehead atoms. The van der Waals surface area contributed by atoms with Gasteiger partial charge in [0.15, 0.2) is 0 Å². The second kappa shape index (κ2) is 12.2. The highest BCUT2D eigenvalue weighted by atomic mass is 79.9. The first-order valence-corrected chi connectivity index (χ1v) is 13.9. The van der Waals surface area contributed by atoms with Gasteiger partial charge in [-0.3, -0.25) is 13.9 Å². The van der Waals surface area contributed by atoms with Crippen LogP contribution in [0, 0.1) is 5.92 Å². The van der Waals surface area contributed by atoms with Gasteiger partial charge in [-0.2, -0.15) is 0 Å². The molecule has 0 saturated carbocycles. The van der Waals surface area contributed by atoms with Gasteiger partial charge < -0.3 is 10.2 Å². The molecule has 2 rings (SSSR count). The number of benzene rings is 2. The molecule has 2 aromatic carbocycles. The average molecular weight is 593 g/mol. The lowest BCUT2D eigenvalue weighted by Gasteiger charge is -2.31. The number of halogens is 3. The molecule has 1 atom stereocenters. The number of nitrogens with zero attached hydrogens (tertiary/aromatic N) is 2. The Kier molecular flexibility index (Phi) is 10.2. The van der Waals surface area contributed by atoms with Gasteiger partial charge in [0.1, 0.15) is 12.6 Å². The molecule has 0 heterocycles. The lowest BCUT2D eigenvalue weighted by Crippen LogP contribution is -2.51. The summed E-state index contributed by atoms with van der Waals surface area (Å²) in [6, 6.07) is 10.6. The summed E-state index contributed by atoms with van der Waals surface area (Å²) in [6.07, 6.45) is 1.03. The van der Waals surface area contributed by atoms with Crippen LogP contribution in [0.15, 0.2) is 46.9 Å². The number of carbonyl (C=O) groups excluding carboxylic acids is 2. The standard InChI is InChI=1S/C23H28BrCl2N3O4S/c1-15(2)12-27-23(31)16(3)28(13-17-5-10-20(25)21(26)11-17)22(30)14-29(34(4,32)33)19-8-6-18(24)7-9-19/h5-11,15-16H,12-14H2,1-4H3,(H,27,31). The molecule has 0 aliphatic heterocycles. The molecule has 0 aromatic heterocycles. The summed E-state index contributed by atoms with van der Waals surface area (Å²) >= 11 is 15.5. The Labute approximate surface area is 219 Å². The van der Waals surface area contributed by atoms with Crippen LogP contribution in [-0.4, -0.2) is 50.5 Å². The molecule has 34 heavy (non-hydrogen) atoms. The molecule has 0 spiro atoms. The van der Waals surface area contributed by atoms with Gasteiger partial charge in [0.05, 0.1) is 22.0 Å². The molecule has 0 aliphatic carbocycles. The Morgan fingerprint density at radius 2 is 1.65 bits per heavy atom. The van der Waals surface area contributed by atoms with Crippen molar-refractivity contribution in [3.63, 3.8) is 0 Å². The van der Waals surface area contributed by atoms with Crippen molar-refractivity contribution in [2.24, 2.45) is 5.92 Å². The second-order valence-electron chi connectivity index (χ2n) is 8.33. The zero-order valence-electron chi connectivity index (χ0n) is 19.4. The minimum absolute atomic E-state index is 0.0456. The molecule has 186 valence electrons. The van der Waals surface area contributed by atoms with Crippen molar-refractivity contribution < 1.29 is 18.0 Å². The fourth-order valence-corrected chi connectivity index (χ4v) is 4.53. The minimum Gasteiger partial charge on any atom is -0.354 e. The van der Waals surface area contributed by atoms with E-state index in [1.807, 2.05) is 13.8 Å². The summed E-state index contributed by atoms with van der Waals surface area (Å²) in [7, 11) is -3.78. The molecule has 0 aliphatic rings. The zero-order valence-corrected chi connectivity index (χ0v) is 23.3. The maximum atomic E-state index is 13.5. The second-order valence-corrected chi connectivity index (χ2v) is 12.0. The van der Waals surface area contributed by atoms with Crippen molar-refractivity contribution in [2.75, 3.05) is 23.7 Å². The van der Waals surface area contributed by atoms with Crippen molar-refractivity contribution in [1.82, 2.24) is 10.2 Å². The molecule has 11 heteroatoms. The van der Waals surface area contributed by atoms with Crippen LogP contribution < -0.4 is 9.62 Å². The van der Waals surface area contributed by atoms with Crippen LogP contribution in [0.25, 0.3) is 0 Å². The highest BCUT2D eigenvalue weighted by molar-refractivity contribution is 9.10. The fourth-order valence-electron chi connectivity index (χ4n) is 3.09. The smallest absolute Gasteiger partial charge is 0.244 e. The van der Waals surface area contributed by atoms with Gasteiger partial charge in [-0.1, -0.05) is 59.0 Å². The number of hydrogen-bond donors (Lipinski definition) is 1. The third-order valence-corrected chi connectivity index (χ3v) is 7.39.